The summed E-state index contributed by atoms with van der Waals surface area (Å²) in [5, 5.41) is 9.26. The molecule has 0 spiro atoms. The van der Waals surface area contributed by atoms with E-state index in [1.165, 1.54) is 0 Å². The predicted octanol–water partition coefficient (Wildman–Crippen LogP) is 3.07. The standard InChI is InChI=1S/C19H23ClN4O2S/c1-13-22-17(12-27-13)11-24-8-6-14(7-9-24)19(26)21-10-18(25)23-16-4-2-15(20)3-5-16/h2-5,12,14H,6-11H2,1H3,(H,21,26)(H,23,25). The molecule has 6 nitrogen and oxygen atoms in total. The maximum absolute atomic E-state index is 12.3. The first kappa shape index (κ1) is 19.8. The minimum Gasteiger partial charge on any atom is -0.347 e. The average molecular weight is 407 g/mol. The van der Waals surface area contributed by atoms with Crippen molar-refractivity contribution in [3.8, 4) is 0 Å². The summed E-state index contributed by atoms with van der Waals surface area (Å²) in [5.41, 5.74) is 1.75. The van der Waals surface area contributed by atoms with Crippen molar-refractivity contribution in [3.05, 3.63) is 45.4 Å². The SMILES string of the molecule is Cc1nc(CN2CCC(C(=O)NCC(=O)Nc3ccc(Cl)cc3)CC2)cs1. The Kier molecular flexibility index (Phi) is 6.82. The van der Waals surface area contributed by atoms with E-state index in [1.807, 2.05) is 6.92 Å². The molecule has 1 fully saturated rings. The zero-order valence-corrected chi connectivity index (χ0v) is 16.8. The number of nitrogens with one attached hydrogen (secondary N) is 2. The van der Waals surface area contributed by atoms with Crippen molar-refractivity contribution in [2.45, 2.75) is 26.3 Å². The molecule has 0 unspecified atom stereocenters. The predicted molar refractivity (Wildman–Crippen MR) is 108 cm³/mol. The van der Waals surface area contributed by atoms with Crippen molar-refractivity contribution in [3.63, 3.8) is 0 Å². The second kappa shape index (κ2) is 9.30. The fourth-order valence-corrected chi connectivity index (χ4v) is 3.84. The van der Waals surface area contributed by atoms with Gasteiger partial charge in [-0.25, -0.2) is 4.98 Å². The van der Waals surface area contributed by atoms with Crippen LogP contribution in [0.1, 0.15) is 23.5 Å². The lowest BCUT2D eigenvalue weighted by molar-refractivity contribution is -0.128. The molecule has 0 atom stereocenters. The van der Waals surface area contributed by atoms with E-state index >= 15 is 0 Å². The lowest BCUT2D eigenvalue weighted by atomic mass is 9.96. The third kappa shape index (κ3) is 6.02. The fraction of sp³-hybridized carbons (Fsp3) is 0.421. The second-order valence-corrected chi connectivity index (χ2v) is 8.18. The zero-order valence-electron chi connectivity index (χ0n) is 15.2. The fourth-order valence-electron chi connectivity index (χ4n) is 3.11. The molecule has 0 saturated carbocycles. The van der Waals surface area contributed by atoms with Gasteiger partial charge in [-0.3, -0.25) is 14.5 Å². The monoisotopic (exact) mass is 406 g/mol. The van der Waals surface area contributed by atoms with Gasteiger partial charge in [0.15, 0.2) is 0 Å². The van der Waals surface area contributed by atoms with Crippen LogP contribution in [0.15, 0.2) is 29.6 Å². The van der Waals surface area contributed by atoms with Crippen molar-refractivity contribution in [2.24, 2.45) is 5.92 Å². The third-order valence-electron chi connectivity index (χ3n) is 4.56. The van der Waals surface area contributed by atoms with E-state index in [4.69, 9.17) is 11.6 Å². The van der Waals surface area contributed by atoms with E-state index in [0.717, 1.165) is 43.2 Å². The molecule has 1 saturated heterocycles. The van der Waals surface area contributed by atoms with Crippen molar-refractivity contribution in [2.75, 3.05) is 25.0 Å². The summed E-state index contributed by atoms with van der Waals surface area (Å²) in [7, 11) is 0. The molecular weight excluding hydrogens is 384 g/mol. The molecule has 144 valence electrons. The number of hydrogen-bond donors (Lipinski definition) is 2. The van der Waals surface area contributed by atoms with Crippen molar-refractivity contribution in [1.29, 1.82) is 0 Å². The lowest BCUT2D eigenvalue weighted by Crippen LogP contribution is -2.42. The highest BCUT2D eigenvalue weighted by molar-refractivity contribution is 7.09. The highest BCUT2D eigenvalue weighted by Gasteiger charge is 2.25. The van der Waals surface area contributed by atoms with Crippen LogP contribution in [0.3, 0.4) is 0 Å². The summed E-state index contributed by atoms with van der Waals surface area (Å²) >= 11 is 7.48. The number of rotatable bonds is 6. The Labute approximate surface area is 167 Å². The lowest BCUT2D eigenvalue weighted by Gasteiger charge is -2.30. The molecule has 1 aliphatic rings. The topological polar surface area (TPSA) is 74.3 Å². The number of piperidine rings is 1. The van der Waals surface area contributed by atoms with Gasteiger partial charge < -0.3 is 10.6 Å². The number of halogens is 1. The van der Waals surface area contributed by atoms with Crippen molar-refractivity contribution < 1.29 is 9.59 Å². The molecule has 0 radical (unpaired) electrons. The maximum atomic E-state index is 12.3. The minimum atomic E-state index is -0.248. The number of aromatic nitrogens is 1. The van der Waals surface area contributed by atoms with E-state index in [1.54, 1.807) is 35.6 Å². The van der Waals surface area contributed by atoms with Crippen LogP contribution in [0, 0.1) is 12.8 Å². The van der Waals surface area contributed by atoms with E-state index in [0.29, 0.717) is 10.7 Å². The van der Waals surface area contributed by atoms with Crippen LogP contribution in [0.5, 0.6) is 0 Å². The summed E-state index contributed by atoms with van der Waals surface area (Å²) < 4.78 is 0. The summed E-state index contributed by atoms with van der Waals surface area (Å²) in [6.45, 7) is 4.55. The quantitative estimate of drug-likeness (QED) is 0.773. The van der Waals surface area contributed by atoms with Crippen LogP contribution in [0.2, 0.25) is 5.02 Å². The molecule has 2 amide bonds. The normalized spacial score (nSPS) is 15.5. The van der Waals surface area contributed by atoms with Crippen LogP contribution in [0.4, 0.5) is 5.69 Å². The second-order valence-electron chi connectivity index (χ2n) is 6.68. The van der Waals surface area contributed by atoms with Gasteiger partial charge in [0.05, 0.1) is 17.2 Å². The van der Waals surface area contributed by atoms with Crippen molar-refractivity contribution >= 4 is 40.4 Å². The third-order valence-corrected chi connectivity index (χ3v) is 5.64. The number of anilines is 1. The Morgan fingerprint density at radius 2 is 1.96 bits per heavy atom. The van der Waals surface area contributed by atoms with E-state index in [-0.39, 0.29) is 24.3 Å². The van der Waals surface area contributed by atoms with Gasteiger partial charge in [0.1, 0.15) is 0 Å². The first-order chi connectivity index (χ1) is 13.0. The Hall–Kier alpha value is -1.96. The first-order valence-corrected chi connectivity index (χ1v) is 10.2. The molecule has 8 heteroatoms. The number of aryl methyl sites for hydroxylation is 1. The molecule has 2 aromatic rings. The number of benzene rings is 1. The van der Waals surface area contributed by atoms with Crippen LogP contribution >= 0.6 is 22.9 Å². The van der Waals surface area contributed by atoms with Gasteiger partial charge in [0.2, 0.25) is 11.8 Å². The highest BCUT2D eigenvalue weighted by atomic mass is 35.5. The molecule has 3 rings (SSSR count). The number of thiazole rings is 1. The Morgan fingerprint density at radius 3 is 2.59 bits per heavy atom. The molecular formula is C19H23ClN4O2S. The average Bonchev–Trinajstić information content (AvgIpc) is 3.07. The van der Waals surface area contributed by atoms with Crippen molar-refractivity contribution in [1.82, 2.24) is 15.2 Å². The summed E-state index contributed by atoms with van der Waals surface area (Å²) in [6.07, 6.45) is 1.60. The molecule has 27 heavy (non-hydrogen) atoms. The molecule has 0 bridgehead atoms. The minimum absolute atomic E-state index is 0.0280. The molecule has 2 N–H and O–H groups in total. The van der Waals surface area contributed by atoms with Gasteiger partial charge in [0, 0.05) is 28.6 Å². The Balaban J connectivity index is 1.37. The number of amides is 2. The number of likely N-dealkylation sites (tertiary alicyclic amines) is 1. The summed E-state index contributed by atoms with van der Waals surface area (Å²) in [5.74, 6) is -0.339. The number of nitrogens with zero attached hydrogens (tertiary/aromatic N) is 2. The van der Waals surface area contributed by atoms with E-state index < -0.39 is 0 Å². The zero-order chi connectivity index (χ0) is 19.2. The van der Waals surface area contributed by atoms with Crippen LogP contribution in [-0.4, -0.2) is 41.3 Å². The smallest absolute Gasteiger partial charge is 0.243 e. The van der Waals surface area contributed by atoms with E-state index in [9.17, 15) is 9.59 Å². The van der Waals surface area contributed by atoms with Gasteiger partial charge in [-0.05, 0) is 57.1 Å². The van der Waals surface area contributed by atoms with Crippen LogP contribution in [0.25, 0.3) is 0 Å². The van der Waals surface area contributed by atoms with Crippen LogP contribution < -0.4 is 10.6 Å². The Bertz CT molecular complexity index is 785. The number of hydrogen-bond acceptors (Lipinski definition) is 5. The van der Waals surface area contributed by atoms with Crippen LogP contribution in [-0.2, 0) is 16.1 Å². The molecule has 2 heterocycles. The van der Waals surface area contributed by atoms with Gasteiger partial charge in [0.25, 0.3) is 0 Å². The summed E-state index contributed by atoms with van der Waals surface area (Å²) in [4.78, 5) is 31.1. The highest BCUT2D eigenvalue weighted by Crippen LogP contribution is 2.20. The molecule has 1 aliphatic heterocycles. The maximum Gasteiger partial charge on any atom is 0.243 e. The van der Waals surface area contributed by atoms with Gasteiger partial charge >= 0.3 is 0 Å². The van der Waals surface area contributed by atoms with Gasteiger partial charge in [-0.2, -0.15) is 0 Å². The van der Waals surface area contributed by atoms with Gasteiger partial charge in [-0.1, -0.05) is 11.6 Å². The largest absolute Gasteiger partial charge is 0.347 e. The van der Waals surface area contributed by atoms with Gasteiger partial charge in [-0.15, -0.1) is 11.3 Å². The first-order valence-electron chi connectivity index (χ1n) is 8.96. The Morgan fingerprint density at radius 1 is 1.26 bits per heavy atom. The number of carbonyl (C=O) groups excluding carboxylic acids is 2. The summed E-state index contributed by atoms with van der Waals surface area (Å²) in [6, 6.07) is 6.86. The molecule has 0 aliphatic carbocycles. The number of carbonyl (C=O) groups is 2. The molecule has 1 aromatic heterocycles. The molecule has 1 aromatic carbocycles. The van der Waals surface area contributed by atoms with E-state index in [2.05, 4.69) is 25.9 Å².